The number of methoxy groups -OCH3 is 1. The lowest BCUT2D eigenvalue weighted by Gasteiger charge is -2.41. The van der Waals surface area contributed by atoms with Gasteiger partial charge in [0.1, 0.15) is 17.8 Å². The molecule has 6 atom stereocenters. The summed E-state index contributed by atoms with van der Waals surface area (Å²) in [4.78, 5) is 37.1. The van der Waals surface area contributed by atoms with Gasteiger partial charge in [-0.25, -0.2) is 0 Å². The summed E-state index contributed by atoms with van der Waals surface area (Å²) in [6, 6.07) is 6.80. The first kappa shape index (κ1) is 26.2. The number of hydrogen-bond donors (Lipinski definition) is 1. The summed E-state index contributed by atoms with van der Waals surface area (Å²) in [6.45, 7) is 9.49. The van der Waals surface area contributed by atoms with Crippen LogP contribution in [0.1, 0.15) is 37.6 Å². The molecule has 6 unspecified atom stereocenters. The maximum atomic E-state index is 13.1. The van der Waals surface area contributed by atoms with Crippen LogP contribution in [0.2, 0.25) is 0 Å². The van der Waals surface area contributed by atoms with Crippen LogP contribution < -0.4 is 10.1 Å². The first-order valence-corrected chi connectivity index (χ1v) is 12.2. The molecule has 6 heteroatoms. The largest absolute Gasteiger partial charge is 0.497 e. The van der Waals surface area contributed by atoms with Crippen molar-refractivity contribution in [3.8, 4) is 5.75 Å². The van der Waals surface area contributed by atoms with E-state index in [9.17, 15) is 14.4 Å². The van der Waals surface area contributed by atoms with Crippen LogP contribution in [0.15, 0.2) is 72.7 Å². The molecule has 0 radical (unpaired) electrons. The molecule has 35 heavy (non-hydrogen) atoms. The number of ketones is 1. The van der Waals surface area contributed by atoms with Crippen LogP contribution in [0.4, 0.5) is 0 Å². The molecular weight excluding hydrogens is 442 g/mol. The van der Waals surface area contributed by atoms with Gasteiger partial charge in [0.15, 0.2) is 12.4 Å². The molecule has 0 spiro atoms. The number of hydrogen-bond acceptors (Lipinski definition) is 5. The van der Waals surface area contributed by atoms with Crippen LogP contribution in [0.5, 0.6) is 5.75 Å². The molecule has 186 valence electrons. The van der Waals surface area contributed by atoms with E-state index in [1.165, 1.54) is 0 Å². The smallest absolute Gasteiger partial charge is 0.228 e. The molecule has 0 heterocycles. The van der Waals surface area contributed by atoms with Gasteiger partial charge in [0, 0.05) is 17.2 Å². The van der Waals surface area contributed by atoms with Crippen molar-refractivity contribution in [1.82, 2.24) is 5.32 Å². The topological polar surface area (TPSA) is 81.7 Å². The van der Waals surface area contributed by atoms with Gasteiger partial charge in [-0.3, -0.25) is 9.59 Å². The van der Waals surface area contributed by atoms with Crippen LogP contribution in [0, 0.1) is 35.5 Å². The Morgan fingerprint density at radius 2 is 1.74 bits per heavy atom. The van der Waals surface area contributed by atoms with E-state index in [1.807, 2.05) is 20.8 Å². The molecule has 0 saturated heterocycles. The molecule has 4 aliphatic carbocycles. The zero-order valence-corrected chi connectivity index (χ0v) is 20.9. The summed E-state index contributed by atoms with van der Waals surface area (Å²) in [5, 5.41) is 2.95. The Hall–Kier alpha value is -3.41. The lowest BCUT2D eigenvalue weighted by Crippen LogP contribution is -2.47. The van der Waals surface area contributed by atoms with Gasteiger partial charge in [0.2, 0.25) is 5.91 Å². The van der Waals surface area contributed by atoms with Gasteiger partial charge in [-0.05, 0) is 73.4 Å². The Bertz CT molecular complexity index is 1040. The average Bonchev–Trinajstić information content (AvgIpc) is 3.73. The van der Waals surface area contributed by atoms with Crippen molar-refractivity contribution in [2.75, 3.05) is 13.7 Å². The quantitative estimate of drug-likeness (QED) is 0.171. The highest BCUT2D eigenvalue weighted by Crippen LogP contribution is 2.63. The third-order valence-corrected chi connectivity index (χ3v) is 7.00. The minimum absolute atomic E-state index is 0.129. The third-order valence-electron chi connectivity index (χ3n) is 7.00. The second-order valence-corrected chi connectivity index (χ2v) is 8.82. The van der Waals surface area contributed by atoms with Crippen molar-refractivity contribution in [3.63, 3.8) is 0 Å². The van der Waals surface area contributed by atoms with E-state index in [1.54, 1.807) is 49.6 Å². The molecule has 2 saturated carbocycles. The van der Waals surface area contributed by atoms with Gasteiger partial charge in [-0.15, -0.1) is 0 Å². The maximum Gasteiger partial charge on any atom is 0.228 e. The average molecular weight is 478 g/mol. The van der Waals surface area contributed by atoms with Crippen molar-refractivity contribution < 1.29 is 23.9 Å². The van der Waals surface area contributed by atoms with Crippen molar-refractivity contribution in [2.45, 2.75) is 27.2 Å². The minimum Gasteiger partial charge on any atom is -0.497 e. The Morgan fingerprint density at radius 1 is 1.09 bits per heavy atom. The molecule has 4 aliphatic rings. The fourth-order valence-corrected chi connectivity index (χ4v) is 5.17. The normalized spacial score (nSPS) is 27.8. The van der Waals surface area contributed by atoms with Crippen LogP contribution >= 0.6 is 0 Å². The first-order chi connectivity index (χ1) is 17.0. The van der Waals surface area contributed by atoms with Crippen molar-refractivity contribution in [2.24, 2.45) is 35.5 Å². The van der Waals surface area contributed by atoms with Crippen molar-refractivity contribution >= 4 is 18.0 Å². The van der Waals surface area contributed by atoms with E-state index in [-0.39, 0.29) is 42.0 Å². The number of carbonyl (C=O) groups excluding carboxylic acids is 3. The highest BCUT2D eigenvalue weighted by Gasteiger charge is 2.61. The van der Waals surface area contributed by atoms with Crippen LogP contribution in [-0.4, -0.2) is 31.7 Å². The standard InChI is InChI=1S/C27H29NO5.C2H6/c1-4-18(8-5-16(2)33-15-25(30)17-6-9-19(32-3)10-7-17)28-27(31)26-21-12-11-20(24(26)14-29)22-13-23(21)22;1-2/h4-12,14,20-24,26H,2,13,15H2,1,3H3,(H,28,31);1-2H3/b8-5-,18-4+;. The van der Waals surface area contributed by atoms with Gasteiger partial charge in [0.25, 0.3) is 0 Å². The van der Waals surface area contributed by atoms with E-state index in [4.69, 9.17) is 9.47 Å². The van der Waals surface area contributed by atoms with E-state index >= 15 is 0 Å². The molecule has 1 aromatic rings. The summed E-state index contributed by atoms with van der Waals surface area (Å²) in [6.07, 6.45) is 11.4. The number of rotatable bonds is 10. The molecule has 2 fully saturated rings. The Balaban J connectivity index is 0.00000167. The second kappa shape index (κ2) is 11.8. The number of nitrogens with one attached hydrogen (secondary N) is 1. The molecule has 1 aromatic carbocycles. The molecular formula is C29H35NO5. The number of aldehydes is 1. The predicted octanol–water partition coefficient (Wildman–Crippen LogP) is 4.89. The number of ether oxygens (including phenoxy) is 2. The summed E-state index contributed by atoms with van der Waals surface area (Å²) >= 11 is 0. The second-order valence-electron chi connectivity index (χ2n) is 8.82. The van der Waals surface area contributed by atoms with Crippen LogP contribution in [0.25, 0.3) is 0 Å². The fourth-order valence-electron chi connectivity index (χ4n) is 5.17. The highest BCUT2D eigenvalue weighted by molar-refractivity contribution is 5.97. The molecule has 0 aliphatic heterocycles. The van der Waals surface area contributed by atoms with Gasteiger partial charge in [-0.1, -0.05) is 38.7 Å². The van der Waals surface area contributed by atoms with E-state index in [2.05, 4.69) is 24.0 Å². The monoisotopic (exact) mass is 477 g/mol. The van der Waals surface area contributed by atoms with Gasteiger partial charge >= 0.3 is 0 Å². The zero-order valence-electron chi connectivity index (χ0n) is 20.9. The first-order valence-electron chi connectivity index (χ1n) is 12.2. The summed E-state index contributed by atoms with van der Waals surface area (Å²) < 4.78 is 10.6. The SMILES string of the molecule is C=C(/C=C\C(=C/C)NC(=O)C1C(C=O)C2C=CC1C1CC21)OCC(=O)c1ccc(OC)cc1.CC. The highest BCUT2D eigenvalue weighted by atomic mass is 16.5. The van der Waals surface area contributed by atoms with Crippen LogP contribution in [-0.2, 0) is 14.3 Å². The number of allylic oxidation sites excluding steroid dienone is 5. The number of benzene rings is 1. The fraction of sp³-hybridized carbons (Fsp3) is 0.414. The van der Waals surface area contributed by atoms with E-state index in [0.29, 0.717) is 34.6 Å². The number of carbonyl (C=O) groups is 3. The molecule has 1 amide bonds. The number of Topliss-reactive ketones (excluding diaryl/α,β-unsaturated/α-hetero) is 1. The maximum absolute atomic E-state index is 13.1. The van der Waals surface area contributed by atoms with Crippen molar-refractivity contribution in [1.29, 1.82) is 0 Å². The van der Waals surface area contributed by atoms with Gasteiger partial charge in [-0.2, -0.15) is 0 Å². The summed E-state index contributed by atoms with van der Waals surface area (Å²) in [5.74, 6) is 1.52. The Morgan fingerprint density at radius 3 is 2.37 bits per heavy atom. The lowest BCUT2D eigenvalue weighted by atomic mass is 9.62. The third kappa shape index (κ3) is 5.81. The summed E-state index contributed by atoms with van der Waals surface area (Å²) in [7, 11) is 1.57. The van der Waals surface area contributed by atoms with E-state index < -0.39 is 0 Å². The number of fused-ring (bicyclic) bond motifs is 1. The lowest BCUT2D eigenvalue weighted by molar-refractivity contribution is -0.134. The summed E-state index contributed by atoms with van der Waals surface area (Å²) in [5.41, 5.74) is 1.11. The molecule has 5 rings (SSSR count). The molecule has 6 nitrogen and oxygen atoms in total. The molecule has 0 aromatic heterocycles. The molecule has 2 bridgehead atoms. The van der Waals surface area contributed by atoms with Crippen LogP contribution in [0.3, 0.4) is 0 Å². The minimum atomic E-state index is -0.328. The van der Waals surface area contributed by atoms with Crippen molar-refractivity contribution in [3.05, 3.63) is 78.2 Å². The van der Waals surface area contributed by atoms with Gasteiger partial charge in [0.05, 0.1) is 13.0 Å². The molecule has 1 N–H and O–H groups in total. The zero-order chi connectivity index (χ0) is 25.5. The Kier molecular flexibility index (Phi) is 8.85. The number of amides is 1. The van der Waals surface area contributed by atoms with E-state index in [0.717, 1.165) is 12.7 Å². The predicted molar refractivity (Wildman–Crippen MR) is 136 cm³/mol. The Labute approximate surface area is 207 Å². The van der Waals surface area contributed by atoms with Gasteiger partial charge < -0.3 is 19.6 Å².